The van der Waals surface area contributed by atoms with Crippen LogP contribution in [-0.4, -0.2) is 98.2 Å². The fourth-order valence-corrected chi connectivity index (χ4v) is 6.43. The number of carboxylic acid groups (broad SMARTS) is 2. The second-order valence-corrected chi connectivity index (χ2v) is 10.6. The summed E-state index contributed by atoms with van der Waals surface area (Å²) in [5, 5.41) is 25.1. The normalized spacial score (nSPS) is 33.2. The van der Waals surface area contributed by atoms with E-state index in [-0.39, 0.29) is 30.0 Å². The van der Waals surface area contributed by atoms with E-state index in [1.165, 1.54) is 18.4 Å². The number of fused-ring (bicyclic) bond motifs is 2. The molecule has 0 aromatic carbocycles. The van der Waals surface area contributed by atoms with Crippen molar-refractivity contribution in [3.63, 3.8) is 0 Å². The molecule has 0 aromatic heterocycles. The number of allylic oxidation sites excluding steroid dienone is 1. The van der Waals surface area contributed by atoms with Gasteiger partial charge in [-0.2, -0.15) is 0 Å². The van der Waals surface area contributed by atoms with E-state index < -0.39 is 11.9 Å². The lowest BCUT2D eigenvalue weighted by Crippen LogP contribution is -3.15. The molecular weight excluding hydrogens is 456 g/mol. The zero-order valence-electron chi connectivity index (χ0n) is 20.7. The van der Waals surface area contributed by atoms with Gasteiger partial charge in [0.05, 0.1) is 38.8 Å². The summed E-state index contributed by atoms with van der Waals surface area (Å²) >= 11 is 0. The minimum atomic E-state index is -2.07. The Hall–Kier alpha value is -2.01. The predicted molar refractivity (Wildman–Crippen MR) is 123 cm³/mol. The molecule has 5 atom stereocenters. The monoisotopic (exact) mass is 496 g/mol. The molecule has 0 bridgehead atoms. The standard InChI is InChI=1S/C23H38N2O4.C2H2O4/c1-17-4-3-5-23(2)15-21-18(14-20(17)23)19(22(27)29-21)16-25-8-6-24(7-9-25)10-12-28-13-11-26;3-1(4)2(5)6/h18-21,26H,1,3-16H2,2H3;(H,3,4)(H,5,6). The fourth-order valence-electron chi connectivity index (χ4n) is 6.43. The molecule has 0 radical (unpaired) electrons. The molecule has 10 heteroatoms. The van der Waals surface area contributed by atoms with Crippen LogP contribution in [0, 0.1) is 23.2 Å². The largest absolute Gasteiger partial charge is 0.539 e. The SMILES string of the molecule is C=C1CCCC2(C)CC3OC(=O)C(CN4CC[NH+](CCOCCO)CC4)C3CC12.O=C([O-])C(=O)O. The Morgan fingerprint density at radius 2 is 2.00 bits per heavy atom. The number of aliphatic carboxylic acids is 2. The summed E-state index contributed by atoms with van der Waals surface area (Å²) in [5.41, 5.74) is 1.69. The van der Waals surface area contributed by atoms with Crippen LogP contribution in [0.2, 0.25) is 0 Å². The highest BCUT2D eigenvalue weighted by Crippen LogP contribution is 2.56. The van der Waals surface area contributed by atoms with E-state index in [1.54, 1.807) is 4.90 Å². The number of carboxylic acids is 2. The summed E-state index contributed by atoms with van der Waals surface area (Å²) < 4.78 is 11.3. The van der Waals surface area contributed by atoms with Crippen LogP contribution in [0.1, 0.15) is 39.0 Å². The molecule has 2 heterocycles. The van der Waals surface area contributed by atoms with Gasteiger partial charge in [0, 0.05) is 25.6 Å². The first-order chi connectivity index (χ1) is 16.6. The average Bonchev–Trinajstić information content (AvgIpc) is 3.10. The number of rotatable bonds is 7. The first-order valence-electron chi connectivity index (χ1n) is 12.7. The van der Waals surface area contributed by atoms with E-state index in [2.05, 4.69) is 18.4 Å². The molecule has 4 rings (SSSR count). The molecule has 4 aliphatic rings. The quantitative estimate of drug-likeness (QED) is 0.163. The zero-order chi connectivity index (χ0) is 25.6. The number of carbonyl (C=O) groups is 3. The van der Waals surface area contributed by atoms with E-state index in [4.69, 9.17) is 34.4 Å². The van der Waals surface area contributed by atoms with E-state index >= 15 is 0 Å². The number of hydrogen-bond donors (Lipinski definition) is 3. The molecule has 198 valence electrons. The van der Waals surface area contributed by atoms with Crippen LogP contribution in [-0.2, 0) is 23.9 Å². The van der Waals surface area contributed by atoms with E-state index in [9.17, 15) is 4.79 Å². The number of aliphatic hydroxyl groups excluding tert-OH is 1. The van der Waals surface area contributed by atoms with Gasteiger partial charge < -0.3 is 34.5 Å². The summed E-state index contributed by atoms with van der Waals surface area (Å²) in [4.78, 5) is 34.8. The molecule has 0 aromatic rings. The lowest BCUT2D eigenvalue weighted by atomic mass is 9.55. The average molecular weight is 497 g/mol. The molecule has 4 fully saturated rings. The van der Waals surface area contributed by atoms with Gasteiger partial charge in [-0.3, -0.25) is 9.69 Å². The van der Waals surface area contributed by atoms with Crippen LogP contribution in [0.5, 0.6) is 0 Å². The van der Waals surface area contributed by atoms with Crippen molar-refractivity contribution >= 4 is 17.9 Å². The summed E-state index contributed by atoms with van der Waals surface area (Å²) in [7, 11) is 0. The number of esters is 1. The maximum absolute atomic E-state index is 12.8. The summed E-state index contributed by atoms with van der Waals surface area (Å²) in [6, 6.07) is 0. The highest BCUT2D eigenvalue weighted by Gasteiger charge is 2.55. The highest BCUT2D eigenvalue weighted by atomic mass is 16.6. The third-order valence-corrected chi connectivity index (χ3v) is 8.35. The molecule has 2 aliphatic carbocycles. The van der Waals surface area contributed by atoms with Gasteiger partial charge >= 0.3 is 11.9 Å². The predicted octanol–water partition coefficient (Wildman–Crippen LogP) is -1.67. The molecule has 3 N–H and O–H groups in total. The lowest BCUT2D eigenvalue weighted by molar-refractivity contribution is -0.904. The number of aliphatic hydroxyl groups is 1. The van der Waals surface area contributed by atoms with Crippen LogP contribution in [0.4, 0.5) is 0 Å². The van der Waals surface area contributed by atoms with Crippen LogP contribution in [0.15, 0.2) is 12.2 Å². The molecule has 2 saturated carbocycles. The Balaban J connectivity index is 0.000000509. The van der Waals surface area contributed by atoms with Crippen LogP contribution < -0.4 is 10.0 Å². The number of nitrogens with one attached hydrogen (secondary N) is 1. The number of piperazine rings is 1. The number of quaternary nitrogens is 1. The van der Waals surface area contributed by atoms with E-state index in [1.807, 2.05) is 0 Å². The minimum Gasteiger partial charge on any atom is -0.539 e. The minimum absolute atomic E-state index is 0.0358. The Labute approximate surface area is 206 Å². The summed E-state index contributed by atoms with van der Waals surface area (Å²) in [6.45, 7) is 14.1. The van der Waals surface area contributed by atoms with Crippen LogP contribution in [0.3, 0.4) is 0 Å². The maximum Gasteiger partial charge on any atom is 0.351 e. The third-order valence-electron chi connectivity index (χ3n) is 8.35. The van der Waals surface area contributed by atoms with E-state index in [0.717, 1.165) is 58.5 Å². The summed E-state index contributed by atoms with van der Waals surface area (Å²) in [6.07, 6.45) is 5.87. The number of hydrogen-bond acceptors (Lipinski definition) is 8. The second-order valence-electron chi connectivity index (χ2n) is 10.6. The van der Waals surface area contributed by atoms with Crippen molar-refractivity contribution in [2.45, 2.75) is 45.1 Å². The molecule has 10 nitrogen and oxygen atoms in total. The molecule has 2 aliphatic heterocycles. The van der Waals surface area contributed by atoms with Gasteiger partial charge in [0.1, 0.15) is 12.6 Å². The Morgan fingerprint density at radius 1 is 1.31 bits per heavy atom. The molecule has 5 unspecified atom stereocenters. The van der Waals surface area contributed by atoms with Crippen molar-refractivity contribution in [1.82, 2.24) is 4.90 Å². The smallest absolute Gasteiger partial charge is 0.351 e. The fraction of sp³-hybridized carbons (Fsp3) is 0.800. The van der Waals surface area contributed by atoms with Crippen molar-refractivity contribution in [1.29, 1.82) is 0 Å². The topological polar surface area (TPSA) is 141 Å². The first kappa shape index (κ1) is 27.6. The first-order valence-corrected chi connectivity index (χ1v) is 12.7. The van der Waals surface area contributed by atoms with E-state index in [0.29, 0.717) is 25.0 Å². The van der Waals surface area contributed by atoms with Crippen LogP contribution in [0.25, 0.3) is 0 Å². The lowest BCUT2D eigenvalue weighted by Gasteiger charge is -2.50. The second kappa shape index (κ2) is 12.3. The number of ether oxygens (including phenoxy) is 2. The van der Waals surface area contributed by atoms with Crippen molar-refractivity contribution < 1.29 is 44.1 Å². The summed E-state index contributed by atoms with van der Waals surface area (Å²) in [5.74, 6) is -3.00. The van der Waals surface area contributed by atoms with Crippen molar-refractivity contribution in [3.05, 3.63) is 12.2 Å². The van der Waals surface area contributed by atoms with Gasteiger partial charge in [0.15, 0.2) is 5.97 Å². The number of carbonyl (C=O) groups excluding carboxylic acids is 2. The van der Waals surface area contributed by atoms with Gasteiger partial charge in [-0.1, -0.05) is 19.1 Å². The van der Waals surface area contributed by atoms with Crippen molar-refractivity contribution in [2.24, 2.45) is 23.2 Å². The van der Waals surface area contributed by atoms with Gasteiger partial charge in [0.2, 0.25) is 0 Å². The molecule has 0 spiro atoms. The maximum atomic E-state index is 12.8. The number of nitrogens with zero attached hydrogens (tertiary/aromatic N) is 1. The van der Waals surface area contributed by atoms with Crippen molar-refractivity contribution in [3.8, 4) is 0 Å². The van der Waals surface area contributed by atoms with Crippen LogP contribution >= 0.6 is 0 Å². The molecule has 35 heavy (non-hydrogen) atoms. The highest BCUT2D eigenvalue weighted by molar-refractivity contribution is 6.26. The zero-order valence-corrected chi connectivity index (χ0v) is 20.7. The third kappa shape index (κ3) is 7.03. The molecule has 2 saturated heterocycles. The molecule has 0 amide bonds. The van der Waals surface area contributed by atoms with Gasteiger partial charge in [-0.25, -0.2) is 4.79 Å². The Kier molecular flexibility index (Phi) is 9.69. The van der Waals surface area contributed by atoms with Gasteiger partial charge in [0.25, 0.3) is 0 Å². The van der Waals surface area contributed by atoms with Gasteiger partial charge in [-0.15, -0.1) is 0 Å². The Bertz CT molecular complexity index is 769. The molecular formula is C25H40N2O8. The van der Waals surface area contributed by atoms with Crippen molar-refractivity contribution in [2.75, 3.05) is 59.1 Å². The Morgan fingerprint density at radius 3 is 2.63 bits per heavy atom. The van der Waals surface area contributed by atoms with Gasteiger partial charge in [-0.05, 0) is 43.4 Å².